The SMILES string of the molecule is CCCCCCCCCCCCCCCCCCOC(=O)CCCCCCCCCCCN. The minimum absolute atomic E-state index is 0.0118. The largest absolute Gasteiger partial charge is 0.466 e. The van der Waals surface area contributed by atoms with Crippen molar-refractivity contribution < 1.29 is 9.53 Å². The van der Waals surface area contributed by atoms with Crippen molar-refractivity contribution in [3.63, 3.8) is 0 Å². The first kappa shape index (κ1) is 32.4. The number of hydrogen-bond acceptors (Lipinski definition) is 3. The van der Waals surface area contributed by atoms with Crippen LogP contribution in [-0.4, -0.2) is 19.1 Å². The molecule has 0 bridgehead atoms. The molecule has 0 saturated heterocycles. The Morgan fingerprint density at radius 3 is 1.21 bits per heavy atom. The Balaban J connectivity index is 3.13. The quantitative estimate of drug-likeness (QED) is 0.0920. The number of nitrogens with two attached hydrogens (primary N) is 1. The molecule has 0 spiro atoms. The van der Waals surface area contributed by atoms with Crippen molar-refractivity contribution in [2.24, 2.45) is 5.73 Å². The summed E-state index contributed by atoms with van der Waals surface area (Å²) in [4.78, 5) is 11.8. The predicted octanol–water partition coefficient (Wildman–Crippen LogP) is 9.65. The van der Waals surface area contributed by atoms with Crippen LogP contribution in [0.5, 0.6) is 0 Å². The Morgan fingerprint density at radius 2 is 0.818 bits per heavy atom. The summed E-state index contributed by atoms with van der Waals surface area (Å²) in [5, 5.41) is 0. The molecule has 0 aliphatic carbocycles. The molecule has 33 heavy (non-hydrogen) atoms. The summed E-state index contributed by atoms with van der Waals surface area (Å²) in [6.07, 6.45) is 33.7. The van der Waals surface area contributed by atoms with Gasteiger partial charge in [0.2, 0.25) is 0 Å². The van der Waals surface area contributed by atoms with E-state index in [-0.39, 0.29) is 5.97 Å². The smallest absolute Gasteiger partial charge is 0.305 e. The van der Waals surface area contributed by atoms with Crippen LogP contribution in [0.2, 0.25) is 0 Å². The van der Waals surface area contributed by atoms with Gasteiger partial charge in [0, 0.05) is 6.42 Å². The van der Waals surface area contributed by atoms with Gasteiger partial charge in [0.15, 0.2) is 0 Å². The zero-order valence-corrected chi connectivity index (χ0v) is 22.7. The molecular weight excluding hydrogens is 406 g/mol. The molecular formula is C30H61NO2. The number of hydrogen-bond donors (Lipinski definition) is 1. The van der Waals surface area contributed by atoms with Crippen LogP contribution in [0.4, 0.5) is 0 Å². The summed E-state index contributed by atoms with van der Waals surface area (Å²) in [7, 11) is 0. The van der Waals surface area contributed by atoms with Gasteiger partial charge in [-0.15, -0.1) is 0 Å². The molecule has 0 aromatic rings. The molecule has 0 heterocycles. The highest BCUT2D eigenvalue weighted by Gasteiger charge is 2.02. The van der Waals surface area contributed by atoms with Gasteiger partial charge in [0.05, 0.1) is 6.61 Å². The Morgan fingerprint density at radius 1 is 0.485 bits per heavy atom. The molecule has 0 amide bonds. The van der Waals surface area contributed by atoms with E-state index in [0.717, 1.165) is 25.8 Å². The lowest BCUT2D eigenvalue weighted by molar-refractivity contribution is -0.143. The third kappa shape index (κ3) is 29.4. The van der Waals surface area contributed by atoms with Gasteiger partial charge < -0.3 is 10.5 Å². The molecule has 0 aromatic heterocycles. The summed E-state index contributed by atoms with van der Waals surface area (Å²) in [6.45, 7) is 3.74. The van der Waals surface area contributed by atoms with Crippen LogP contribution in [0.3, 0.4) is 0 Å². The molecule has 0 atom stereocenters. The van der Waals surface area contributed by atoms with Crippen molar-refractivity contribution in [3.8, 4) is 0 Å². The predicted molar refractivity (Wildman–Crippen MR) is 146 cm³/mol. The maximum Gasteiger partial charge on any atom is 0.305 e. The van der Waals surface area contributed by atoms with E-state index in [9.17, 15) is 4.79 Å². The van der Waals surface area contributed by atoms with Crippen LogP contribution in [0, 0.1) is 0 Å². The van der Waals surface area contributed by atoms with E-state index in [4.69, 9.17) is 10.5 Å². The molecule has 0 aliphatic rings. The minimum atomic E-state index is 0.0118. The highest BCUT2D eigenvalue weighted by atomic mass is 16.5. The van der Waals surface area contributed by atoms with Crippen molar-refractivity contribution in [2.45, 2.75) is 174 Å². The minimum Gasteiger partial charge on any atom is -0.466 e. The molecule has 0 fully saturated rings. The highest BCUT2D eigenvalue weighted by Crippen LogP contribution is 2.14. The Kier molecular flexibility index (Phi) is 29.0. The molecule has 3 nitrogen and oxygen atoms in total. The van der Waals surface area contributed by atoms with Gasteiger partial charge in [-0.3, -0.25) is 4.79 Å². The zero-order chi connectivity index (χ0) is 24.1. The normalized spacial score (nSPS) is 11.2. The van der Waals surface area contributed by atoms with Gasteiger partial charge in [-0.1, -0.05) is 148 Å². The summed E-state index contributed by atoms with van der Waals surface area (Å²) >= 11 is 0. The fraction of sp³-hybridized carbons (Fsp3) is 0.967. The Bertz CT molecular complexity index is 372. The molecule has 198 valence electrons. The third-order valence-electron chi connectivity index (χ3n) is 6.85. The number of ether oxygens (including phenoxy) is 1. The standard InChI is InChI=1S/C30H61NO2/c1-2-3-4-5-6-7-8-9-10-11-12-13-17-20-23-26-29-33-30(32)27-24-21-18-15-14-16-19-22-25-28-31/h2-29,31H2,1H3. The number of unbranched alkanes of at least 4 members (excludes halogenated alkanes) is 23. The zero-order valence-electron chi connectivity index (χ0n) is 22.7. The lowest BCUT2D eigenvalue weighted by atomic mass is 10.0. The molecule has 0 rings (SSSR count). The average molecular weight is 468 g/mol. The first-order chi connectivity index (χ1) is 16.3. The number of carbonyl (C=O) groups excluding carboxylic acids is 1. The van der Waals surface area contributed by atoms with Gasteiger partial charge in [-0.2, -0.15) is 0 Å². The molecule has 0 radical (unpaired) electrons. The van der Waals surface area contributed by atoms with Crippen LogP contribution in [-0.2, 0) is 9.53 Å². The van der Waals surface area contributed by atoms with E-state index in [1.807, 2.05) is 0 Å². The third-order valence-corrected chi connectivity index (χ3v) is 6.85. The van der Waals surface area contributed by atoms with Crippen molar-refractivity contribution >= 4 is 5.97 Å². The molecule has 0 aliphatic heterocycles. The van der Waals surface area contributed by atoms with Gasteiger partial charge in [0.25, 0.3) is 0 Å². The van der Waals surface area contributed by atoms with E-state index in [2.05, 4.69) is 6.92 Å². The molecule has 3 heteroatoms. The van der Waals surface area contributed by atoms with Gasteiger partial charge >= 0.3 is 5.97 Å². The first-order valence-electron chi connectivity index (χ1n) is 15.2. The maximum absolute atomic E-state index is 11.8. The van der Waals surface area contributed by atoms with E-state index in [1.54, 1.807) is 0 Å². The van der Waals surface area contributed by atoms with Crippen molar-refractivity contribution in [1.82, 2.24) is 0 Å². The molecule has 2 N–H and O–H groups in total. The van der Waals surface area contributed by atoms with E-state index < -0.39 is 0 Å². The Labute approximate surface area is 208 Å². The average Bonchev–Trinajstić information content (AvgIpc) is 2.82. The number of rotatable bonds is 28. The second kappa shape index (κ2) is 29.5. The lowest BCUT2D eigenvalue weighted by Crippen LogP contribution is -2.05. The van der Waals surface area contributed by atoms with Crippen molar-refractivity contribution in [2.75, 3.05) is 13.2 Å². The fourth-order valence-electron chi connectivity index (χ4n) is 4.56. The van der Waals surface area contributed by atoms with E-state index in [1.165, 1.54) is 141 Å². The first-order valence-corrected chi connectivity index (χ1v) is 15.2. The Hall–Kier alpha value is -0.570. The summed E-state index contributed by atoms with van der Waals surface area (Å²) < 4.78 is 5.39. The summed E-state index contributed by atoms with van der Waals surface area (Å²) in [5.41, 5.74) is 5.51. The molecule has 0 unspecified atom stereocenters. The van der Waals surface area contributed by atoms with Crippen molar-refractivity contribution in [1.29, 1.82) is 0 Å². The van der Waals surface area contributed by atoms with Crippen LogP contribution in [0.1, 0.15) is 174 Å². The monoisotopic (exact) mass is 467 g/mol. The second-order valence-corrected chi connectivity index (χ2v) is 10.2. The number of esters is 1. The lowest BCUT2D eigenvalue weighted by Gasteiger charge is -2.06. The van der Waals surface area contributed by atoms with Gasteiger partial charge in [-0.05, 0) is 25.8 Å². The highest BCUT2D eigenvalue weighted by molar-refractivity contribution is 5.69. The van der Waals surface area contributed by atoms with E-state index >= 15 is 0 Å². The fourth-order valence-corrected chi connectivity index (χ4v) is 4.56. The van der Waals surface area contributed by atoms with Crippen LogP contribution in [0.25, 0.3) is 0 Å². The second-order valence-electron chi connectivity index (χ2n) is 10.2. The summed E-state index contributed by atoms with van der Waals surface area (Å²) in [5.74, 6) is 0.0118. The molecule has 0 saturated carbocycles. The van der Waals surface area contributed by atoms with Crippen molar-refractivity contribution in [3.05, 3.63) is 0 Å². The molecule has 0 aromatic carbocycles. The van der Waals surface area contributed by atoms with Gasteiger partial charge in [0.1, 0.15) is 0 Å². The van der Waals surface area contributed by atoms with Crippen LogP contribution >= 0.6 is 0 Å². The van der Waals surface area contributed by atoms with Gasteiger partial charge in [-0.25, -0.2) is 0 Å². The van der Waals surface area contributed by atoms with E-state index in [0.29, 0.717) is 13.0 Å². The topological polar surface area (TPSA) is 52.3 Å². The maximum atomic E-state index is 11.8. The van der Waals surface area contributed by atoms with Crippen LogP contribution in [0.15, 0.2) is 0 Å². The summed E-state index contributed by atoms with van der Waals surface area (Å²) in [6, 6.07) is 0. The van der Waals surface area contributed by atoms with Crippen LogP contribution < -0.4 is 5.73 Å². The number of carbonyl (C=O) groups is 1.